The monoisotopic (exact) mass is 221 g/mol. The number of carbonyl (C=O) groups is 1. The number of anilines is 1. The molecule has 0 amide bonds. The Bertz CT molecular complexity index is 445. The molecule has 0 aliphatic carbocycles. The number of ether oxygens (including phenoxy) is 1. The number of hydrogen-bond donors (Lipinski definition) is 3. The average molecular weight is 221 g/mol. The van der Waals surface area contributed by atoms with Crippen molar-refractivity contribution in [2.24, 2.45) is 0 Å². The van der Waals surface area contributed by atoms with Gasteiger partial charge in [0.2, 0.25) is 0 Å². The van der Waals surface area contributed by atoms with E-state index in [1.54, 1.807) is 29.5 Å². The molecule has 6 nitrogen and oxygen atoms in total. The number of aromatic carboxylic acids is 1. The molecule has 0 fully saturated rings. The van der Waals surface area contributed by atoms with Gasteiger partial charge in [0.05, 0.1) is 18.4 Å². The van der Waals surface area contributed by atoms with Gasteiger partial charge in [-0.25, -0.2) is 4.79 Å². The largest absolute Gasteiger partial charge is 0.497 e. The van der Waals surface area contributed by atoms with E-state index in [4.69, 9.17) is 9.84 Å². The minimum absolute atomic E-state index is 0.196. The van der Waals surface area contributed by atoms with E-state index in [1.807, 2.05) is 0 Å². The second-order valence-corrected chi connectivity index (χ2v) is 3.13. The molecule has 6 heteroatoms. The van der Waals surface area contributed by atoms with Crippen molar-refractivity contribution in [2.75, 3.05) is 12.1 Å². The minimum Gasteiger partial charge on any atom is -0.497 e. The van der Waals surface area contributed by atoms with Gasteiger partial charge in [-0.2, -0.15) is 0 Å². The van der Waals surface area contributed by atoms with Gasteiger partial charge in [0.15, 0.2) is 0 Å². The predicted molar refractivity (Wildman–Crippen MR) is 57.8 cm³/mol. The molecule has 2 rings (SSSR count). The molecule has 0 bridgehead atoms. The summed E-state index contributed by atoms with van der Waals surface area (Å²) in [5.74, 6) is -0.387. The van der Waals surface area contributed by atoms with E-state index in [-0.39, 0.29) is 5.56 Å². The van der Waals surface area contributed by atoms with E-state index < -0.39 is 5.97 Å². The summed E-state index contributed by atoms with van der Waals surface area (Å²) in [4.78, 5) is 11.0. The molecule has 1 heterocycles. The Morgan fingerprint density at radius 1 is 1.50 bits per heavy atom. The highest BCUT2D eigenvalue weighted by Gasteiger charge is 2.17. The molecule has 0 aromatic heterocycles. The SMILES string of the molecule is COc1ccc(C(=O)O)c(N2C=CNN2)c1. The molecule has 0 radical (unpaired) electrons. The van der Waals surface area contributed by atoms with Gasteiger partial charge < -0.3 is 15.3 Å². The van der Waals surface area contributed by atoms with Crippen molar-refractivity contribution in [3.8, 4) is 5.75 Å². The molecule has 0 unspecified atom stereocenters. The first-order chi connectivity index (χ1) is 7.72. The number of carboxylic acids is 1. The first kappa shape index (κ1) is 10.3. The fourth-order valence-corrected chi connectivity index (χ4v) is 1.41. The number of hydrogen-bond acceptors (Lipinski definition) is 5. The maximum Gasteiger partial charge on any atom is 0.337 e. The highest BCUT2D eigenvalue weighted by atomic mass is 16.5. The summed E-state index contributed by atoms with van der Waals surface area (Å²) in [6.07, 6.45) is 3.34. The second-order valence-electron chi connectivity index (χ2n) is 3.13. The Kier molecular flexibility index (Phi) is 2.65. The van der Waals surface area contributed by atoms with Crippen molar-refractivity contribution >= 4 is 11.7 Å². The van der Waals surface area contributed by atoms with Crippen molar-refractivity contribution in [1.29, 1.82) is 0 Å². The van der Waals surface area contributed by atoms with Crippen LogP contribution in [-0.4, -0.2) is 18.2 Å². The Morgan fingerprint density at radius 2 is 2.31 bits per heavy atom. The Hall–Kier alpha value is -2.21. The quantitative estimate of drug-likeness (QED) is 0.697. The van der Waals surface area contributed by atoms with Gasteiger partial charge in [-0.3, -0.25) is 5.01 Å². The van der Waals surface area contributed by atoms with E-state index in [2.05, 4.69) is 11.0 Å². The third-order valence-corrected chi connectivity index (χ3v) is 2.19. The third kappa shape index (κ3) is 1.78. The van der Waals surface area contributed by atoms with Crippen LogP contribution in [-0.2, 0) is 0 Å². The number of nitrogens with zero attached hydrogens (tertiary/aromatic N) is 1. The summed E-state index contributed by atoms with van der Waals surface area (Å²) in [7, 11) is 1.53. The van der Waals surface area contributed by atoms with Gasteiger partial charge in [-0.05, 0) is 12.1 Å². The average Bonchev–Trinajstić information content (AvgIpc) is 2.81. The Morgan fingerprint density at radius 3 is 2.88 bits per heavy atom. The first-order valence-electron chi connectivity index (χ1n) is 4.61. The number of nitrogens with one attached hydrogen (secondary N) is 2. The zero-order valence-corrected chi connectivity index (χ0v) is 8.60. The summed E-state index contributed by atoms with van der Waals surface area (Å²) >= 11 is 0. The first-order valence-corrected chi connectivity index (χ1v) is 4.61. The van der Waals surface area contributed by atoms with Gasteiger partial charge >= 0.3 is 5.97 Å². The van der Waals surface area contributed by atoms with E-state index in [0.29, 0.717) is 11.4 Å². The van der Waals surface area contributed by atoms with Crippen LogP contribution in [0.2, 0.25) is 0 Å². The topological polar surface area (TPSA) is 73.8 Å². The zero-order valence-electron chi connectivity index (χ0n) is 8.60. The van der Waals surface area contributed by atoms with Crippen LogP contribution in [0.25, 0.3) is 0 Å². The summed E-state index contributed by atoms with van der Waals surface area (Å²) in [6, 6.07) is 4.76. The molecule has 1 aromatic rings. The molecule has 84 valence electrons. The smallest absolute Gasteiger partial charge is 0.337 e. The van der Waals surface area contributed by atoms with Crippen LogP contribution in [0.5, 0.6) is 5.75 Å². The lowest BCUT2D eigenvalue weighted by Crippen LogP contribution is -2.36. The van der Waals surface area contributed by atoms with E-state index in [1.165, 1.54) is 13.2 Å². The van der Waals surface area contributed by atoms with Gasteiger partial charge in [0.25, 0.3) is 0 Å². The van der Waals surface area contributed by atoms with Crippen LogP contribution in [0.1, 0.15) is 10.4 Å². The van der Waals surface area contributed by atoms with Gasteiger partial charge in [0.1, 0.15) is 5.75 Å². The highest BCUT2D eigenvalue weighted by molar-refractivity contribution is 5.95. The zero-order chi connectivity index (χ0) is 11.5. The lowest BCUT2D eigenvalue weighted by Gasteiger charge is -2.18. The van der Waals surface area contributed by atoms with Crippen molar-refractivity contribution in [3.05, 3.63) is 36.2 Å². The molecule has 0 spiro atoms. The lowest BCUT2D eigenvalue weighted by atomic mass is 10.1. The minimum atomic E-state index is -0.986. The summed E-state index contributed by atoms with van der Waals surface area (Å²) in [6.45, 7) is 0. The number of carboxylic acid groups (broad SMARTS) is 1. The molecular formula is C10H11N3O3. The van der Waals surface area contributed by atoms with E-state index in [0.717, 1.165) is 0 Å². The van der Waals surface area contributed by atoms with Gasteiger partial charge in [0, 0.05) is 18.5 Å². The predicted octanol–water partition coefficient (Wildman–Crippen LogP) is 0.694. The summed E-state index contributed by atoms with van der Waals surface area (Å²) in [5, 5.41) is 10.6. The van der Waals surface area contributed by atoms with E-state index >= 15 is 0 Å². The molecule has 0 saturated heterocycles. The molecule has 1 aromatic carbocycles. The number of methoxy groups -OCH3 is 1. The third-order valence-electron chi connectivity index (χ3n) is 2.19. The fraction of sp³-hybridized carbons (Fsp3) is 0.100. The maximum atomic E-state index is 11.0. The number of hydrazine groups is 2. The van der Waals surface area contributed by atoms with Crippen molar-refractivity contribution < 1.29 is 14.6 Å². The van der Waals surface area contributed by atoms with Crippen LogP contribution in [0, 0.1) is 0 Å². The molecule has 0 saturated carbocycles. The molecule has 1 aliphatic heterocycles. The normalized spacial score (nSPS) is 13.7. The standard InChI is InChI=1S/C10H11N3O3/c1-16-7-2-3-8(10(14)15)9(6-7)13-5-4-11-12-13/h2-6,11-12H,1H3,(H,14,15). The van der Waals surface area contributed by atoms with Crippen LogP contribution in [0.3, 0.4) is 0 Å². The number of rotatable bonds is 3. The van der Waals surface area contributed by atoms with E-state index in [9.17, 15) is 4.79 Å². The fourth-order valence-electron chi connectivity index (χ4n) is 1.41. The lowest BCUT2D eigenvalue weighted by molar-refractivity contribution is 0.0697. The molecular weight excluding hydrogens is 210 g/mol. The summed E-state index contributed by atoms with van der Waals surface area (Å²) in [5.41, 5.74) is 6.21. The Balaban J connectivity index is 2.45. The maximum absolute atomic E-state index is 11.0. The van der Waals surface area contributed by atoms with Crippen molar-refractivity contribution in [2.45, 2.75) is 0 Å². The van der Waals surface area contributed by atoms with Crippen LogP contribution in [0.15, 0.2) is 30.6 Å². The summed E-state index contributed by atoms with van der Waals surface area (Å²) < 4.78 is 5.06. The molecule has 0 atom stereocenters. The molecule has 16 heavy (non-hydrogen) atoms. The highest BCUT2D eigenvalue weighted by Crippen LogP contribution is 2.26. The molecule has 3 N–H and O–H groups in total. The molecule has 1 aliphatic rings. The van der Waals surface area contributed by atoms with Crippen LogP contribution in [0.4, 0.5) is 5.69 Å². The van der Waals surface area contributed by atoms with Gasteiger partial charge in [-0.1, -0.05) is 0 Å². The second kappa shape index (κ2) is 4.11. The Labute approximate surface area is 92.1 Å². The number of benzene rings is 1. The van der Waals surface area contributed by atoms with Crippen LogP contribution < -0.4 is 20.7 Å². The van der Waals surface area contributed by atoms with Gasteiger partial charge in [-0.15, -0.1) is 5.53 Å². The van der Waals surface area contributed by atoms with Crippen molar-refractivity contribution in [3.63, 3.8) is 0 Å². The van der Waals surface area contributed by atoms with Crippen molar-refractivity contribution in [1.82, 2.24) is 11.0 Å². The van der Waals surface area contributed by atoms with Crippen LogP contribution >= 0.6 is 0 Å².